The summed E-state index contributed by atoms with van der Waals surface area (Å²) >= 11 is 0. The van der Waals surface area contributed by atoms with E-state index in [1.807, 2.05) is 0 Å². The summed E-state index contributed by atoms with van der Waals surface area (Å²) in [6, 6.07) is -8.81. The summed E-state index contributed by atoms with van der Waals surface area (Å²) in [5.74, 6) is 0. The number of rotatable bonds is 88. The van der Waals surface area contributed by atoms with E-state index < -0.39 is 209 Å². The van der Waals surface area contributed by atoms with Crippen molar-refractivity contribution < 1.29 is 105 Å². The fourth-order valence-corrected chi connectivity index (χ4v) is 33.5. The topological polar surface area (TPSA) is 14.1 Å². The molecule has 4 rings (SSSR count). The van der Waals surface area contributed by atoms with Gasteiger partial charge in [-0.1, -0.05) is 552 Å². The zero-order valence-corrected chi connectivity index (χ0v) is 95.1. The number of alkyl halides is 24. The van der Waals surface area contributed by atoms with Gasteiger partial charge in [0.15, 0.2) is 0 Å². The number of hydrogen-bond acceptors (Lipinski definition) is 0. The molecule has 0 N–H and O–H groups in total. The molecule has 4 aromatic rings. The lowest BCUT2D eigenvalue weighted by Crippen LogP contribution is -2.75. The first-order chi connectivity index (χ1) is 71.3. The van der Waals surface area contributed by atoms with Gasteiger partial charge >= 0.3 is 49.4 Å². The lowest BCUT2D eigenvalue weighted by molar-refractivity contribution is -0.144. The molecule has 0 atom stereocenters. The van der Waals surface area contributed by atoms with E-state index in [2.05, 4.69) is 41.5 Å². The van der Waals surface area contributed by atoms with Crippen LogP contribution in [-0.4, -0.2) is 43.1 Å². The van der Waals surface area contributed by atoms with Gasteiger partial charge in [-0.15, -0.1) is 0 Å². The Hall–Kier alpha value is -4.17. The average Bonchev–Trinajstić information content (AvgIpc) is 0.705. The highest BCUT2D eigenvalue weighted by Gasteiger charge is 2.48. The van der Waals surface area contributed by atoms with Crippen molar-refractivity contribution >= 4 is 42.1 Å². The highest BCUT2D eigenvalue weighted by atomic mass is 31.2. The molecule has 0 aliphatic rings. The van der Waals surface area contributed by atoms with Crippen molar-refractivity contribution in [3.63, 3.8) is 0 Å². The highest BCUT2D eigenvalue weighted by molar-refractivity contribution is 7.73. The van der Waals surface area contributed by atoms with Crippen molar-refractivity contribution in [2.24, 2.45) is 0 Å². The summed E-state index contributed by atoms with van der Waals surface area (Å²) in [6.07, 6.45) is 69.4. The summed E-state index contributed by atoms with van der Waals surface area (Å²) in [4.78, 5) is 0. The number of benzene rings is 4. The fraction of sp³-hybridized carbons (Fsp3) is 0.803. The van der Waals surface area contributed by atoms with Crippen LogP contribution in [0, 0.1) is 0 Å². The van der Waals surface area contributed by atoms with Crippen molar-refractivity contribution in [3.05, 3.63) is 117 Å². The second kappa shape index (κ2) is 78.9. The molecule has 1 nitrogen and oxygen atoms in total. The van der Waals surface area contributed by atoms with Crippen LogP contribution in [0.2, 0.25) is 0 Å². The molecule has 0 saturated heterocycles. The zero-order valence-electron chi connectivity index (χ0n) is 93.3. The number of unbranched alkanes of at least 4 members (excludes halogenated alkanes) is 72. The van der Waals surface area contributed by atoms with E-state index >= 15 is 0 Å². The summed E-state index contributed by atoms with van der Waals surface area (Å²) in [6.45, 7) is 14.1. The maximum Gasteiger partial charge on any atom is 0.416 e. The van der Waals surface area contributed by atoms with Gasteiger partial charge in [-0.05, 0) is 62.8 Å². The normalized spacial score (nSPS) is 12.9. The van der Waals surface area contributed by atoms with Gasteiger partial charge in [0.2, 0.25) is 14.1 Å². The second-order valence-electron chi connectivity index (χ2n) is 44.3. The van der Waals surface area contributed by atoms with Crippen LogP contribution in [-0.2, 0) is 49.4 Å². The molecule has 0 aliphatic heterocycles. The Balaban J connectivity index is 0.000000858. The molecular weight excluding hydrogens is 2010 g/mol. The largest absolute Gasteiger partial charge is 0.416 e. The molecule has 4 aromatic carbocycles. The van der Waals surface area contributed by atoms with Crippen molar-refractivity contribution in [1.82, 2.24) is 4.17 Å². The van der Waals surface area contributed by atoms with Gasteiger partial charge in [0.1, 0.15) is 6.15 Å². The van der Waals surface area contributed by atoms with Crippen LogP contribution >= 0.6 is 14.1 Å². The van der Waals surface area contributed by atoms with E-state index in [1.165, 1.54) is 501 Å². The molecule has 0 spiro atoms. The standard InChI is InChI=1S/C90H186NP2.C32H12BF24/c1-7-13-19-25-31-37-43-49-55-61-67-73-79-85-92(86-80-74-68-62-56-50-44-38-32-26-20-14-8-2,87-81-75-69-63-57-51-45-39-33-27-21-15-9-3)91-93(88-82-76-70-64-58-52-46-40-34-28-22-16-10-4,89-83-77-71-65-59-53-47-41-35-29-23-17-11-5)90-84-78-72-66-60-54-48-42-36-30-24-18-12-6;34-25(35,36)13-1-14(26(37,38)39)6-21(5-13)33(22-7-15(27(40,41)42)2-16(8-22)28(43,44)45,23-9-17(29(46,47)48)3-18(10-23)30(49,50)51)24-11-19(31(52,53)54)4-20(12-24)32(55,56)57/h7-90H2,1-6H3;1-12H/q+1;-1. The molecule has 0 unspecified atom stereocenters. The van der Waals surface area contributed by atoms with Crippen LogP contribution in [0.5, 0.6) is 0 Å². The predicted octanol–water partition coefficient (Wildman–Crippen LogP) is 46.2. The molecule has 0 bridgehead atoms. The zero-order chi connectivity index (χ0) is 111. The summed E-state index contributed by atoms with van der Waals surface area (Å²) in [7, 11) is -2.90. The first-order valence-corrected chi connectivity index (χ1v) is 64.8. The third-order valence-corrected chi connectivity index (χ3v) is 40.8. The van der Waals surface area contributed by atoms with E-state index in [9.17, 15) is 105 Å². The van der Waals surface area contributed by atoms with Crippen molar-refractivity contribution in [1.29, 1.82) is 0 Å². The fourth-order valence-electron chi connectivity index (χ4n) is 22.0. The van der Waals surface area contributed by atoms with E-state index in [1.54, 1.807) is 37.0 Å². The lowest BCUT2D eigenvalue weighted by atomic mass is 9.12. The second-order valence-corrected chi connectivity index (χ2v) is 52.1. The number of nitrogens with zero attached hydrogens (tertiary/aromatic N) is 1. The van der Waals surface area contributed by atoms with Crippen molar-refractivity contribution in [2.45, 2.75) is 592 Å². The van der Waals surface area contributed by atoms with Gasteiger partial charge in [-0.3, -0.25) is 0 Å². The van der Waals surface area contributed by atoms with Gasteiger partial charge < -0.3 is 0 Å². The Labute approximate surface area is 892 Å². The van der Waals surface area contributed by atoms with Gasteiger partial charge in [0, 0.05) is 37.0 Å². The van der Waals surface area contributed by atoms with Gasteiger partial charge in [-0.2, -0.15) is 131 Å². The maximum absolute atomic E-state index is 14.2. The molecule has 0 aliphatic carbocycles. The van der Waals surface area contributed by atoms with Crippen molar-refractivity contribution in [2.75, 3.05) is 37.0 Å². The van der Waals surface area contributed by atoms with E-state index in [-0.39, 0.29) is 0 Å². The lowest BCUT2D eigenvalue weighted by Gasteiger charge is -2.46. The predicted molar refractivity (Wildman–Crippen MR) is 589 cm³/mol. The Morgan fingerprint density at radius 3 is 0.313 bits per heavy atom. The molecule has 0 radical (unpaired) electrons. The van der Waals surface area contributed by atoms with Gasteiger partial charge in [0.05, 0.1) is 44.5 Å². The van der Waals surface area contributed by atoms with Crippen LogP contribution in [0.15, 0.2) is 72.8 Å². The minimum atomic E-state index is -6.13. The van der Waals surface area contributed by atoms with E-state index in [0.717, 1.165) is 0 Å². The van der Waals surface area contributed by atoms with Crippen LogP contribution in [0.3, 0.4) is 0 Å². The Morgan fingerprint density at radius 2 is 0.227 bits per heavy atom. The molecule has 28 heteroatoms. The van der Waals surface area contributed by atoms with Crippen LogP contribution < -0.4 is 26.0 Å². The third-order valence-electron chi connectivity index (χ3n) is 30.9. The first-order valence-electron chi connectivity index (χ1n) is 60.2. The average molecular weight is 2210 g/mol. The number of hydrogen-bond donors (Lipinski definition) is 0. The first kappa shape index (κ1) is 140. The molecule has 0 amide bonds. The minimum Gasteiger partial charge on any atom is -0.194 e. The third kappa shape index (κ3) is 61.8. The Bertz CT molecular complexity index is 3450. The molecule has 872 valence electrons. The molecule has 0 fully saturated rings. The van der Waals surface area contributed by atoms with E-state index in [0.29, 0.717) is 0 Å². The minimum absolute atomic E-state index is 0.691. The smallest absolute Gasteiger partial charge is 0.194 e. The quantitative estimate of drug-likeness (QED) is 0.0138. The molecule has 0 aromatic heterocycles. The highest BCUT2D eigenvalue weighted by Crippen LogP contribution is 2.57. The summed E-state index contributed by atoms with van der Waals surface area (Å²) in [5.41, 5.74) is -30.2. The molecule has 0 heterocycles. The SMILES string of the molecule is CCCCCCCCCCCCCCCP(CCCCCCCCCCCCCCC)(CCCCCCCCCCCCCCC)=[N+]=P(CCCCCCCCCCCCCCC)(CCCCCCCCCCCCCCC)CCCCCCCCCCCCCCC.FC(F)(F)c1cc([B-](c2cc(C(F)(F)F)cc(C(F)(F)F)c2)(c2cc(C(F)(F)F)cc(C(F)(F)F)c2)c2cc(C(F)(F)F)cc(C(F)(F)F)c2)cc(C(F)(F)F)c1. The maximum atomic E-state index is 14.2. The Morgan fingerprint density at radius 1 is 0.140 bits per heavy atom. The van der Waals surface area contributed by atoms with Gasteiger partial charge in [0.25, 0.3) is 0 Å². The van der Waals surface area contributed by atoms with Crippen LogP contribution in [0.4, 0.5) is 105 Å². The molecule has 0 saturated carbocycles. The summed E-state index contributed by atoms with van der Waals surface area (Å²) < 4.78 is 348. The van der Waals surface area contributed by atoms with E-state index in [4.69, 9.17) is 4.17 Å². The van der Waals surface area contributed by atoms with Crippen LogP contribution in [0.25, 0.3) is 0 Å². The molecule has 150 heavy (non-hydrogen) atoms. The molecular formula is C122H198BF24NP2. The monoisotopic (exact) mass is 2210 g/mol. The van der Waals surface area contributed by atoms with Gasteiger partial charge in [-0.25, -0.2) is 0 Å². The Kier molecular flexibility index (Phi) is 73.7. The van der Waals surface area contributed by atoms with Crippen LogP contribution in [0.1, 0.15) is 587 Å². The number of halogens is 24. The summed E-state index contributed by atoms with van der Waals surface area (Å²) in [5, 5.41) is 0. The van der Waals surface area contributed by atoms with Crippen molar-refractivity contribution in [3.8, 4) is 0 Å².